The molecule has 1 amide bonds. The van der Waals surface area contributed by atoms with Gasteiger partial charge in [0.25, 0.3) is 0 Å². The van der Waals surface area contributed by atoms with Gasteiger partial charge in [-0.2, -0.15) is 0 Å². The van der Waals surface area contributed by atoms with Crippen LogP contribution in [0.4, 0.5) is 10.5 Å². The third-order valence-electron chi connectivity index (χ3n) is 2.30. The highest BCUT2D eigenvalue weighted by Crippen LogP contribution is 2.25. The number of alkyl halides is 1. The van der Waals surface area contributed by atoms with Crippen molar-refractivity contribution in [1.82, 2.24) is 0 Å². The van der Waals surface area contributed by atoms with E-state index in [-0.39, 0.29) is 5.75 Å². The topological polar surface area (TPSA) is 58.6 Å². The quantitative estimate of drug-likeness (QED) is 0.646. The fourth-order valence-electron chi connectivity index (χ4n) is 1.52. The van der Waals surface area contributed by atoms with Crippen LogP contribution in [0.2, 0.25) is 0 Å². The third kappa shape index (κ3) is 5.96. The molecule has 0 radical (unpaired) electrons. The summed E-state index contributed by atoms with van der Waals surface area (Å²) in [5.74, 6) is 0.0356. The van der Waals surface area contributed by atoms with Crippen LogP contribution in [0.5, 0.6) is 5.75 Å². The van der Waals surface area contributed by atoms with Crippen LogP contribution in [-0.4, -0.2) is 22.1 Å². The summed E-state index contributed by atoms with van der Waals surface area (Å²) < 4.78 is 5.15. The van der Waals surface area contributed by atoms with Crippen molar-refractivity contribution in [2.45, 2.75) is 39.2 Å². The molecule has 4 nitrogen and oxygen atoms in total. The molecule has 0 fully saturated rings. The van der Waals surface area contributed by atoms with Gasteiger partial charge in [0.2, 0.25) is 0 Å². The Bertz CT molecular complexity index is 441. The molecule has 0 heterocycles. The molecule has 0 saturated carbocycles. The van der Waals surface area contributed by atoms with Gasteiger partial charge in [-0.3, -0.25) is 5.32 Å². The zero-order valence-electron chi connectivity index (χ0n) is 11.5. The average Bonchev–Trinajstić information content (AvgIpc) is 2.27. The number of rotatable bonds is 4. The number of carbonyl (C=O) groups is 1. The standard InChI is InChI=1S/C14H20BrNO3/c1-14(2,3)19-13(18)16-11-9-10(5-4-8-15)6-7-12(11)17/h6-7,9,17H,4-5,8H2,1-3H3,(H,16,18). The first-order valence-corrected chi connectivity index (χ1v) is 7.32. The number of hydrogen-bond acceptors (Lipinski definition) is 3. The van der Waals surface area contributed by atoms with Crippen molar-refractivity contribution in [2.24, 2.45) is 0 Å². The summed E-state index contributed by atoms with van der Waals surface area (Å²) in [6, 6.07) is 5.19. The smallest absolute Gasteiger partial charge is 0.412 e. The highest BCUT2D eigenvalue weighted by molar-refractivity contribution is 9.09. The van der Waals surface area contributed by atoms with Crippen LogP contribution in [0, 0.1) is 0 Å². The number of ether oxygens (including phenoxy) is 1. The minimum Gasteiger partial charge on any atom is -0.506 e. The van der Waals surface area contributed by atoms with Gasteiger partial charge in [-0.25, -0.2) is 4.79 Å². The highest BCUT2D eigenvalue weighted by Gasteiger charge is 2.17. The van der Waals surface area contributed by atoms with Crippen LogP contribution in [-0.2, 0) is 11.2 Å². The largest absolute Gasteiger partial charge is 0.506 e. The van der Waals surface area contributed by atoms with Crippen molar-refractivity contribution in [3.63, 3.8) is 0 Å². The summed E-state index contributed by atoms with van der Waals surface area (Å²) in [4.78, 5) is 11.7. The lowest BCUT2D eigenvalue weighted by atomic mass is 10.1. The minimum absolute atomic E-state index is 0.0356. The molecule has 1 aromatic rings. The Morgan fingerprint density at radius 2 is 2.11 bits per heavy atom. The van der Waals surface area contributed by atoms with E-state index in [0.29, 0.717) is 5.69 Å². The summed E-state index contributed by atoms with van der Waals surface area (Å²) >= 11 is 3.37. The fraction of sp³-hybridized carbons (Fsp3) is 0.500. The van der Waals surface area contributed by atoms with Crippen molar-refractivity contribution >= 4 is 27.7 Å². The van der Waals surface area contributed by atoms with Gasteiger partial charge >= 0.3 is 6.09 Å². The zero-order chi connectivity index (χ0) is 14.5. The maximum absolute atomic E-state index is 11.7. The van der Waals surface area contributed by atoms with Gasteiger partial charge in [0.1, 0.15) is 11.4 Å². The number of halogens is 1. The lowest BCUT2D eigenvalue weighted by Gasteiger charge is -2.20. The molecule has 2 N–H and O–H groups in total. The van der Waals surface area contributed by atoms with Gasteiger partial charge in [0.05, 0.1) is 5.69 Å². The first kappa shape index (κ1) is 15.8. The van der Waals surface area contributed by atoms with Crippen molar-refractivity contribution < 1.29 is 14.6 Å². The molecular weight excluding hydrogens is 310 g/mol. The summed E-state index contributed by atoms with van der Waals surface area (Å²) in [5, 5.41) is 13.2. The second-order valence-corrected chi connectivity index (χ2v) is 6.06. The molecular formula is C14H20BrNO3. The highest BCUT2D eigenvalue weighted by atomic mass is 79.9. The van der Waals surface area contributed by atoms with E-state index in [1.165, 1.54) is 0 Å². The Labute approximate surface area is 122 Å². The summed E-state index contributed by atoms with van der Waals surface area (Å²) in [6.45, 7) is 5.37. The number of aryl methyl sites for hydroxylation is 1. The Hall–Kier alpha value is -1.23. The van der Waals surface area contributed by atoms with Crippen molar-refractivity contribution in [2.75, 3.05) is 10.6 Å². The van der Waals surface area contributed by atoms with Crippen LogP contribution in [0.25, 0.3) is 0 Å². The molecule has 1 rings (SSSR count). The first-order chi connectivity index (χ1) is 8.81. The van der Waals surface area contributed by atoms with E-state index >= 15 is 0 Å². The van der Waals surface area contributed by atoms with Crippen LogP contribution in [0.3, 0.4) is 0 Å². The molecule has 5 heteroatoms. The Morgan fingerprint density at radius 1 is 1.42 bits per heavy atom. The van der Waals surface area contributed by atoms with E-state index < -0.39 is 11.7 Å². The molecule has 0 bridgehead atoms. The van der Waals surface area contributed by atoms with Gasteiger partial charge in [-0.15, -0.1) is 0 Å². The van der Waals surface area contributed by atoms with Gasteiger partial charge in [-0.05, 0) is 51.3 Å². The van der Waals surface area contributed by atoms with Gasteiger partial charge in [0, 0.05) is 5.33 Å². The number of anilines is 1. The van der Waals surface area contributed by atoms with Crippen LogP contribution < -0.4 is 5.32 Å². The van der Waals surface area contributed by atoms with Gasteiger partial charge in [0.15, 0.2) is 0 Å². The number of amides is 1. The third-order valence-corrected chi connectivity index (χ3v) is 2.86. The minimum atomic E-state index is -0.569. The average molecular weight is 330 g/mol. The van der Waals surface area contributed by atoms with E-state index in [9.17, 15) is 9.90 Å². The van der Waals surface area contributed by atoms with Crippen molar-refractivity contribution in [1.29, 1.82) is 0 Å². The monoisotopic (exact) mass is 329 g/mol. The first-order valence-electron chi connectivity index (χ1n) is 6.19. The lowest BCUT2D eigenvalue weighted by Crippen LogP contribution is -2.27. The maximum atomic E-state index is 11.7. The summed E-state index contributed by atoms with van der Waals surface area (Å²) in [6.07, 6.45) is 1.31. The maximum Gasteiger partial charge on any atom is 0.412 e. The molecule has 0 aliphatic heterocycles. The molecule has 0 aliphatic carbocycles. The number of carbonyl (C=O) groups excluding carboxylic acids is 1. The number of hydrogen-bond donors (Lipinski definition) is 2. The zero-order valence-corrected chi connectivity index (χ0v) is 13.1. The number of nitrogens with one attached hydrogen (secondary N) is 1. The van der Waals surface area contributed by atoms with Crippen LogP contribution >= 0.6 is 15.9 Å². The number of benzene rings is 1. The molecule has 0 atom stereocenters. The fourth-order valence-corrected chi connectivity index (χ4v) is 1.80. The summed E-state index contributed by atoms with van der Waals surface area (Å²) in [7, 11) is 0. The lowest BCUT2D eigenvalue weighted by molar-refractivity contribution is 0.0635. The Kier molecular flexibility index (Phi) is 5.66. The molecule has 0 aliphatic rings. The second-order valence-electron chi connectivity index (χ2n) is 5.27. The van der Waals surface area contributed by atoms with Crippen molar-refractivity contribution in [3.05, 3.63) is 23.8 Å². The van der Waals surface area contributed by atoms with E-state index in [1.54, 1.807) is 32.9 Å². The predicted molar refractivity (Wildman–Crippen MR) is 80.1 cm³/mol. The predicted octanol–water partition coefficient (Wildman–Crippen LogP) is 4.07. The van der Waals surface area contributed by atoms with Crippen LogP contribution in [0.15, 0.2) is 18.2 Å². The molecule has 0 spiro atoms. The van der Waals surface area contributed by atoms with E-state index in [2.05, 4.69) is 21.2 Å². The molecule has 106 valence electrons. The SMILES string of the molecule is CC(C)(C)OC(=O)Nc1cc(CCCBr)ccc1O. The normalized spacial score (nSPS) is 11.2. The molecule has 19 heavy (non-hydrogen) atoms. The Morgan fingerprint density at radius 3 is 2.68 bits per heavy atom. The molecule has 1 aromatic carbocycles. The number of phenols is 1. The van der Waals surface area contributed by atoms with E-state index in [0.717, 1.165) is 23.7 Å². The van der Waals surface area contributed by atoms with E-state index in [1.807, 2.05) is 6.07 Å². The van der Waals surface area contributed by atoms with Crippen LogP contribution in [0.1, 0.15) is 32.8 Å². The molecule has 0 saturated heterocycles. The second kappa shape index (κ2) is 6.80. The van der Waals surface area contributed by atoms with E-state index in [4.69, 9.17) is 4.74 Å². The number of phenolic OH excluding ortho intramolecular Hbond substituents is 1. The Balaban J connectivity index is 2.73. The van der Waals surface area contributed by atoms with Gasteiger partial charge in [-0.1, -0.05) is 22.0 Å². The number of aromatic hydroxyl groups is 1. The van der Waals surface area contributed by atoms with Gasteiger partial charge < -0.3 is 9.84 Å². The summed E-state index contributed by atoms with van der Waals surface area (Å²) in [5.41, 5.74) is 0.873. The van der Waals surface area contributed by atoms with Crippen molar-refractivity contribution in [3.8, 4) is 5.75 Å². The molecule has 0 unspecified atom stereocenters. The molecule has 0 aromatic heterocycles.